The first kappa shape index (κ1) is 25.5. The summed E-state index contributed by atoms with van der Waals surface area (Å²) >= 11 is 0. The van der Waals surface area contributed by atoms with Gasteiger partial charge >= 0.3 is 0 Å². The van der Waals surface area contributed by atoms with Gasteiger partial charge in [0.1, 0.15) is 17.1 Å². The van der Waals surface area contributed by atoms with Crippen LogP contribution in [-0.2, 0) is 0 Å². The second-order valence-electron chi connectivity index (χ2n) is 8.15. The van der Waals surface area contributed by atoms with E-state index in [0.29, 0.717) is 37.6 Å². The third-order valence-corrected chi connectivity index (χ3v) is 5.19. The lowest BCUT2D eigenvalue weighted by molar-refractivity contribution is 0.329. The van der Waals surface area contributed by atoms with Crippen LogP contribution in [0, 0.1) is 0 Å². The number of hydrogen-bond donors (Lipinski definition) is 3. The fourth-order valence-corrected chi connectivity index (χ4v) is 3.39. The molecule has 0 fully saturated rings. The Morgan fingerprint density at radius 3 is 1.56 bits per heavy atom. The fourth-order valence-electron chi connectivity index (χ4n) is 3.39. The third-order valence-electron chi connectivity index (χ3n) is 5.19. The SMILES string of the molecule is CCOc1c(NCCCN(C)CCCNc2c(NCCCN(C)C)c(=O)c2=O)c(=O)c1=O. The molecule has 10 heteroatoms. The maximum atomic E-state index is 11.8. The second kappa shape index (κ2) is 12.4. The van der Waals surface area contributed by atoms with Gasteiger partial charge in [0.25, 0.3) is 21.7 Å². The lowest BCUT2D eigenvalue weighted by atomic mass is 10.2. The van der Waals surface area contributed by atoms with Crippen molar-refractivity contribution in [3.8, 4) is 5.75 Å². The fraction of sp³-hybridized carbons (Fsp3) is 0.636. The molecule has 0 aliphatic carbocycles. The Hall–Kier alpha value is -2.72. The van der Waals surface area contributed by atoms with Gasteiger partial charge in [-0.25, -0.2) is 0 Å². The van der Waals surface area contributed by atoms with Crippen molar-refractivity contribution in [3.05, 3.63) is 40.9 Å². The summed E-state index contributed by atoms with van der Waals surface area (Å²) in [6.45, 7) is 6.47. The van der Waals surface area contributed by atoms with E-state index in [1.165, 1.54) is 0 Å². The van der Waals surface area contributed by atoms with E-state index < -0.39 is 21.7 Å². The molecule has 3 N–H and O–H groups in total. The molecule has 178 valence electrons. The molecule has 0 bridgehead atoms. The zero-order chi connectivity index (χ0) is 23.7. The predicted octanol–water partition coefficient (Wildman–Crippen LogP) is -0.123. The number of hydrogen-bond acceptors (Lipinski definition) is 10. The molecule has 2 aromatic rings. The quantitative estimate of drug-likeness (QED) is 0.223. The highest BCUT2D eigenvalue weighted by Crippen LogP contribution is 2.17. The predicted molar refractivity (Wildman–Crippen MR) is 129 cm³/mol. The van der Waals surface area contributed by atoms with E-state index in [1.807, 2.05) is 21.1 Å². The van der Waals surface area contributed by atoms with Crippen molar-refractivity contribution in [1.82, 2.24) is 9.80 Å². The molecule has 10 nitrogen and oxygen atoms in total. The first-order valence-electron chi connectivity index (χ1n) is 11.1. The largest absolute Gasteiger partial charge is 0.488 e. The van der Waals surface area contributed by atoms with Crippen molar-refractivity contribution < 1.29 is 4.74 Å². The maximum absolute atomic E-state index is 11.8. The Bertz CT molecular complexity index is 1000. The van der Waals surface area contributed by atoms with E-state index in [2.05, 4.69) is 25.8 Å². The van der Waals surface area contributed by atoms with Gasteiger partial charge in [0, 0.05) is 19.6 Å². The summed E-state index contributed by atoms with van der Waals surface area (Å²) in [4.78, 5) is 50.8. The molecule has 0 saturated heterocycles. The monoisotopic (exact) mass is 449 g/mol. The highest BCUT2D eigenvalue weighted by Gasteiger charge is 2.22. The molecule has 0 spiro atoms. The second-order valence-corrected chi connectivity index (χ2v) is 8.15. The standard InChI is InChI=1S/C22H35N5O5/c1-5-32-22-17(20(30)21(22)31)25-11-8-14-27(4)13-7-10-24-16-15(18(28)19(16)29)23-9-6-12-26(2)3/h23-25H,5-14H2,1-4H3. The van der Waals surface area contributed by atoms with Crippen LogP contribution in [0.15, 0.2) is 19.2 Å². The summed E-state index contributed by atoms with van der Waals surface area (Å²) in [6, 6.07) is 0. The van der Waals surface area contributed by atoms with Crippen LogP contribution in [0.3, 0.4) is 0 Å². The van der Waals surface area contributed by atoms with E-state index >= 15 is 0 Å². The molecule has 0 saturated carbocycles. The van der Waals surface area contributed by atoms with Crippen molar-refractivity contribution in [2.24, 2.45) is 0 Å². The Morgan fingerprint density at radius 2 is 1.09 bits per heavy atom. The van der Waals surface area contributed by atoms with Crippen molar-refractivity contribution in [1.29, 1.82) is 0 Å². The minimum Gasteiger partial charge on any atom is -0.488 e. The Kier molecular flexibility index (Phi) is 9.86. The molecule has 0 atom stereocenters. The minimum absolute atomic E-state index is 0.141. The molecule has 0 unspecified atom stereocenters. The van der Waals surface area contributed by atoms with Crippen molar-refractivity contribution in [2.75, 3.05) is 83.0 Å². The van der Waals surface area contributed by atoms with Gasteiger partial charge in [0.15, 0.2) is 5.75 Å². The van der Waals surface area contributed by atoms with E-state index in [9.17, 15) is 19.2 Å². The molecule has 0 aliphatic rings. The smallest absolute Gasteiger partial charge is 0.272 e. The van der Waals surface area contributed by atoms with E-state index in [0.717, 1.165) is 38.9 Å². The first-order chi connectivity index (χ1) is 15.3. The zero-order valence-electron chi connectivity index (χ0n) is 19.5. The lowest BCUT2D eigenvalue weighted by Gasteiger charge is -2.19. The van der Waals surface area contributed by atoms with Gasteiger partial charge in [-0.15, -0.1) is 0 Å². The van der Waals surface area contributed by atoms with E-state index in [-0.39, 0.29) is 11.4 Å². The molecule has 2 rings (SSSR count). The summed E-state index contributed by atoms with van der Waals surface area (Å²) < 4.78 is 5.18. The van der Waals surface area contributed by atoms with Gasteiger partial charge in [0.2, 0.25) is 0 Å². The number of rotatable bonds is 17. The van der Waals surface area contributed by atoms with Crippen LogP contribution < -0.4 is 42.4 Å². The highest BCUT2D eigenvalue weighted by atomic mass is 16.5. The average molecular weight is 450 g/mol. The van der Waals surface area contributed by atoms with Crippen molar-refractivity contribution in [2.45, 2.75) is 26.2 Å². The molecule has 2 aromatic carbocycles. The molecule has 0 heterocycles. The third kappa shape index (κ3) is 6.64. The van der Waals surface area contributed by atoms with Gasteiger partial charge in [0.05, 0.1) is 6.61 Å². The van der Waals surface area contributed by atoms with E-state index in [4.69, 9.17) is 4.74 Å². The highest BCUT2D eigenvalue weighted by molar-refractivity contribution is 5.73. The Balaban J connectivity index is 1.61. The topological polar surface area (TPSA) is 120 Å². The lowest BCUT2D eigenvalue weighted by Crippen LogP contribution is -2.38. The molecular formula is C22H35N5O5. The molecule has 0 radical (unpaired) electrons. The first-order valence-corrected chi connectivity index (χ1v) is 11.1. The van der Waals surface area contributed by atoms with Gasteiger partial charge < -0.3 is 30.5 Å². The molecular weight excluding hydrogens is 414 g/mol. The summed E-state index contributed by atoms with van der Waals surface area (Å²) in [7, 11) is 5.98. The van der Waals surface area contributed by atoms with Crippen LogP contribution in [0.4, 0.5) is 17.1 Å². The summed E-state index contributed by atoms with van der Waals surface area (Å²) in [6.07, 6.45) is 2.50. The van der Waals surface area contributed by atoms with Crippen LogP contribution >= 0.6 is 0 Å². The van der Waals surface area contributed by atoms with Gasteiger partial charge in [-0.05, 0) is 67.0 Å². The molecule has 0 aromatic heterocycles. The van der Waals surface area contributed by atoms with Gasteiger partial charge in [-0.1, -0.05) is 0 Å². The van der Waals surface area contributed by atoms with Crippen molar-refractivity contribution in [3.63, 3.8) is 0 Å². The van der Waals surface area contributed by atoms with E-state index in [1.54, 1.807) is 6.92 Å². The average Bonchev–Trinajstić information content (AvgIpc) is 2.77. The summed E-state index contributed by atoms with van der Waals surface area (Å²) in [5, 5.41) is 9.14. The van der Waals surface area contributed by atoms with Crippen LogP contribution in [0.2, 0.25) is 0 Å². The van der Waals surface area contributed by atoms with Crippen LogP contribution in [0.1, 0.15) is 26.2 Å². The van der Waals surface area contributed by atoms with Crippen LogP contribution in [-0.4, -0.2) is 76.8 Å². The maximum Gasteiger partial charge on any atom is 0.272 e. The molecule has 32 heavy (non-hydrogen) atoms. The number of nitrogens with zero attached hydrogens (tertiary/aromatic N) is 2. The Labute approximate surface area is 187 Å². The summed E-state index contributed by atoms with van der Waals surface area (Å²) in [5.41, 5.74) is -0.906. The number of nitrogens with one attached hydrogen (secondary N) is 3. The minimum atomic E-state index is -0.562. The van der Waals surface area contributed by atoms with Crippen LogP contribution in [0.5, 0.6) is 5.75 Å². The zero-order valence-corrected chi connectivity index (χ0v) is 19.5. The normalized spacial score (nSPS) is 11.6. The molecule has 0 aliphatic heterocycles. The molecule has 0 amide bonds. The number of ether oxygens (including phenoxy) is 1. The Morgan fingerprint density at radius 1 is 0.656 bits per heavy atom. The summed E-state index contributed by atoms with van der Waals surface area (Å²) in [5.74, 6) is 0.141. The van der Waals surface area contributed by atoms with Crippen LogP contribution in [0.25, 0.3) is 0 Å². The van der Waals surface area contributed by atoms with Gasteiger partial charge in [-0.3, -0.25) is 19.2 Å². The number of anilines is 3. The van der Waals surface area contributed by atoms with Gasteiger partial charge in [-0.2, -0.15) is 0 Å². The van der Waals surface area contributed by atoms with Crippen molar-refractivity contribution >= 4 is 17.1 Å².